The molecule has 0 rings (SSSR count). The summed E-state index contributed by atoms with van der Waals surface area (Å²) in [5.41, 5.74) is 0. The van der Waals surface area contributed by atoms with Gasteiger partial charge in [-0.2, -0.15) is 0 Å². The molecule has 37 heavy (non-hydrogen) atoms. The average molecular weight is 657 g/mol. The summed E-state index contributed by atoms with van der Waals surface area (Å²) in [7, 11) is -18.7. The van der Waals surface area contributed by atoms with Crippen molar-refractivity contribution in [2.75, 3.05) is 19.0 Å². The van der Waals surface area contributed by atoms with E-state index >= 15 is 0 Å². The molecule has 0 radical (unpaired) electrons. The first-order chi connectivity index (χ1) is 15.5. The van der Waals surface area contributed by atoms with Crippen molar-refractivity contribution in [1.29, 1.82) is 0 Å². The summed E-state index contributed by atoms with van der Waals surface area (Å²) in [5, 5.41) is 14.6. The predicted molar refractivity (Wildman–Crippen MR) is 131 cm³/mol. The molecule has 1 unspecified atom stereocenters. The van der Waals surface area contributed by atoms with Crippen molar-refractivity contribution in [3.05, 3.63) is 11.5 Å². The predicted octanol–water partition coefficient (Wildman–Crippen LogP) is 7.96. The number of allylic oxidation sites excluding steroid dienone is 1. The standard InChI is InChI=1S/C10H20ClF5OS.C10H19F5OS.K.H2O/c11-10(9-18(12,13,14,15)16)7-5-3-1-2-4-6-8-17;11-17(12,13,14,15)10-8-6-4-2-1-3-5-7-9-16;;/h10,17H,1-9H2;8,10,16H,1-7,9H2;;1H2/q;;+1;/p-1/b;10-8+;;. The van der Waals surface area contributed by atoms with Crippen molar-refractivity contribution < 1.29 is 106 Å². The van der Waals surface area contributed by atoms with Gasteiger partial charge in [-0.1, -0.05) is 103 Å². The van der Waals surface area contributed by atoms with Gasteiger partial charge in [0.25, 0.3) is 10.2 Å². The molecule has 17 heteroatoms. The van der Waals surface area contributed by atoms with Crippen LogP contribution in [-0.4, -0.2) is 40.0 Å². The molecular weight excluding hydrogens is 617 g/mol. The fourth-order valence-corrected chi connectivity index (χ4v) is 5.16. The quantitative estimate of drug-likeness (QED) is 0.0641. The molecule has 0 fully saturated rings. The molecule has 0 aliphatic rings. The van der Waals surface area contributed by atoms with Crippen LogP contribution >= 0.6 is 32.0 Å². The van der Waals surface area contributed by atoms with Gasteiger partial charge < -0.3 is 15.7 Å². The summed E-state index contributed by atoms with van der Waals surface area (Å²) in [6, 6.07) is 0. The fraction of sp³-hybridized carbons (Fsp3) is 0.900. The van der Waals surface area contributed by atoms with Crippen LogP contribution in [0.25, 0.3) is 0 Å². The van der Waals surface area contributed by atoms with Gasteiger partial charge in [0.05, 0.1) is 10.8 Å². The van der Waals surface area contributed by atoms with Gasteiger partial charge in [0.1, 0.15) is 5.75 Å². The van der Waals surface area contributed by atoms with Crippen LogP contribution in [0.3, 0.4) is 0 Å². The third kappa shape index (κ3) is 47.7. The summed E-state index contributed by atoms with van der Waals surface area (Å²) in [4.78, 5) is 0. The number of alkyl halides is 1. The minimum atomic E-state index is -9.36. The smallest absolute Gasteiger partial charge is 0.870 e. The summed E-state index contributed by atoms with van der Waals surface area (Å²) in [5.74, 6) is -2.17. The monoisotopic (exact) mass is 656 g/mol. The van der Waals surface area contributed by atoms with Crippen molar-refractivity contribution in [1.82, 2.24) is 0 Å². The molecule has 0 spiro atoms. The Morgan fingerprint density at radius 2 is 0.946 bits per heavy atom. The summed E-state index contributed by atoms with van der Waals surface area (Å²) < 4.78 is 119. The average Bonchev–Trinajstić information content (AvgIpc) is 2.62. The molecule has 0 amide bonds. The van der Waals surface area contributed by atoms with Gasteiger partial charge in [-0.05, 0) is 32.1 Å². The Hall–Kier alpha value is 1.55. The molecule has 0 bridgehead atoms. The molecule has 0 aromatic carbocycles. The molecule has 0 aliphatic carbocycles. The molecule has 0 aromatic heterocycles. The van der Waals surface area contributed by atoms with Gasteiger partial charge in [0.15, 0.2) is 0 Å². The van der Waals surface area contributed by atoms with E-state index in [1.807, 2.05) is 0 Å². The van der Waals surface area contributed by atoms with Crippen molar-refractivity contribution in [3.63, 3.8) is 0 Å². The van der Waals surface area contributed by atoms with Crippen molar-refractivity contribution >= 4 is 32.0 Å². The van der Waals surface area contributed by atoms with E-state index in [-0.39, 0.29) is 82.9 Å². The maximum Gasteiger partial charge on any atom is 1.00 e. The summed E-state index contributed by atoms with van der Waals surface area (Å²) in [6.45, 7) is 0.278. The van der Waals surface area contributed by atoms with Gasteiger partial charge >= 0.3 is 61.6 Å². The molecule has 3 N–H and O–H groups in total. The maximum absolute atomic E-state index is 12.1. The first-order valence-electron chi connectivity index (χ1n) is 11.5. The van der Waals surface area contributed by atoms with Crippen molar-refractivity contribution in [3.8, 4) is 0 Å². The molecule has 0 saturated carbocycles. The molecule has 1 atom stereocenters. The molecule has 0 heterocycles. The second-order valence-corrected chi connectivity index (χ2v) is 14.1. The Morgan fingerprint density at radius 1 is 0.595 bits per heavy atom. The van der Waals surface area contributed by atoms with E-state index in [1.165, 1.54) is 0 Å². The van der Waals surface area contributed by atoms with Gasteiger partial charge in [-0.25, -0.2) is 0 Å². The minimum Gasteiger partial charge on any atom is -0.870 e. The van der Waals surface area contributed by atoms with E-state index < -0.39 is 37.0 Å². The summed E-state index contributed by atoms with van der Waals surface area (Å²) >= 11 is 5.30. The fourth-order valence-electron chi connectivity index (χ4n) is 2.94. The number of aliphatic hydroxyl groups excluding tert-OH is 2. The van der Waals surface area contributed by atoms with Crippen LogP contribution in [0, 0.1) is 0 Å². The van der Waals surface area contributed by atoms with Crippen molar-refractivity contribution in [2.45, 2.75) is 95.3 Å². The van der Waals surface area contributed by atoms with Crippen LogP contribution in [-0.2, 0) is 0 Å². The van der Waals surface area contributed by atoms with E-state index in [0.717, 1.165) is 51.4 Å². The number of aliphatic hydroxyl groups is 2. The Kier molecular flexibility index (Phi) is 21.5. The first kappa shape index (κ1) is 45.5. The Morgan fingerprint density at radius 3 is 1.30 bits per heavy atom. The van der Waals surface area contributed by atoms with Gasteiger partial charge in [-0.15, -0.1) is 11.6 Å². The first-order valence-corrected chi connectivity index (χ1v) is 16.0. The minimum absolute atomic E-state index is 0. The third-order valence-corrected chi connectivity index (χ3v) is 6.85. The van der Waals surface area contributed by atoms with Crippen LogP contribution in [0.5, 0.6) is 0 Å². The zero-order valence-electron chi connectivity index (χ0n) is 21.1. The Labute approximate surface area is 261 Å². The van der Waals surface area contributed by atoms with Crippen LogP contribution in [0.1, 0.15) is 89.9 Å². The van der Waals surface area contributed by atoms with Crippen LogP contribution in [0.15, 0.2) is 11.5 Å². The SMILES string of the molecule is OCCCCCCCC/C=C/S(F)(F)(F)(F)F.OCCCCCCCCC(Cl)CS(F)(F)(F)(F)F.[K+].[OH-]. The van der Waals surface area contributed by atoms with E-state index in [9.17, 15) is 38.9 Å². The molecule has 0 aliphatic heterocycles. The van der Waals surface area contributed by atoms with E-state index in [2.05, 4.69) is 0 Å². The zero-order chi connectivity index (χ0) is 27.8. The molecular formula is C20H40ClF10KO3S2. The van der Waals surface area contributed by atoms with Crippen LogP contribution in [0.4, 0.5) is 38.9 Å². The zero-order valence-corrected chi connectivity index (χ0v) is 26.6. The Balaban J connectivity index is -0.000000280. The number of rotatable bonds is 19. The molecule has 228 valence electrons. The van der Waals surface area contributed by atoms with Crippen LogP contribution in [0.2, 0.25) is 0 Å². The molecule has 0 aromatic rings. The van der Waals surface area contributed by atoms with Gasteiger partial charge in [0.2, 0.25) is 0 Å². The maximum atomic E-state index is 12.1. The number of hydrogen-bond acceptors (Lipinski definition) is 3. The van der Waals surface area contributed by atoms with E-state index in [4.69, 9.17) is 21.8 Å². The number of hydrogen-bond donors (Lipinski definition) is 2. The van der Waals surface area contributed by atoms with Crippen molar-refractivity contribution in [2.24, 2.45) is 0 Å². The Bertz CT molecular complexity index is 609. The largest absolute Gasteiger partial charge is 1.00 e. The normalized spacial score (nSPS) is 16.7. The molecule has 3 nitrogen and oxygen atoms in total. The molecule has 0 saturated heterocycles. The third-order valence-electron chi connectivity index (χ3n) is 4.55. The van der Waals surface area contributed by atoms with Gasteiger partial charge in [0, 0.05) is 13.2 Å². The van der Waals surface area contributed by atoms with Crippen LogP contribution < -0.4 is 51.4 Å². The van der Waals surface area contributed by atoms with E-state index in [1.54, 1.807) is 0 Å². The second kappa shape index (κ2) is 17.5. The topological polar surface area (TPSA) is 70.5 Å². The summed E-state index contributed by atoms with van der Waals surface area (Å²) in [6.07, 6.45) is 9.42. The second-order valence-electron chi connectivity index (χ2n) is 8.56. The number of unbranched alkanes of at least 4 members (excludes halogenated alkanes) is 11. The van der Waals surface area contributed by atoms with E-state index in [0.29, 0.717) is 31.8 Å². The number of halogens is 11. The van der Waals surface area contributed by atoms with Gasteiger partial charge in [-0.3, -0.25) is 0 Å².